The molecule has 0 radical (unpaired) electrons. The molecule has 14 heteroatoms. The van der Waals surface area contributed by atoms with E-state index in [-0.39, 0.29) is 6.61 Å². The number of nitrogens with one attached hydrogen (secondary N) is 1. The topological polar surface area (TPSA) is 157 Å². The van der Waals surface area contributed by atoms with Gasteiger partial charge in [-0.1, -0.05) is 0 Å². The number of aromatic amines is 1. The highest BCUT2D eigenvalue weighted by atomic mass is 32.7. The first kappa shape index (κ1) is 18.5. The lowest BCUT2D eigenvalue weighted by atomic mass is 10.1. The number of ether oxygens (including phenoxy) is 1. The largest absolute Gasteiger partial charge is 0.582 e. The number of thiol groups is 1. The van der Waals surface area contributed by atoms with E-state index in [2.05, 4.69) is 21.8 Å². The molecule has 2 rings (SSSR count). The predicted octanol–water partition coefficient (Wildman–Crippen LogP) is -0.442. The van der Waals surface area contributed by atoms with Crippen molar-refractivity contribution in [3.63, 3.8) is 0 Å². The van der Waals surface area contributed by atoms with Crippen LogP contribution >= 0.6 is 27.3 Å². The van der Waals surface area contributed by atoms with E-state index in [0.717, 1.165) is 10.6 Å². The van der Waals surface area contributed by atoms with E-state index in [4.69, 9.17) is 19.0 Å². The Labute approximate surface area is 134 Å². The van der Waals surface area contributed by atoms with Crippen molar-refractivity contribution in [3.05, 3.63) is 33.1 Å². The molecule has 1 aromatic rings. The average molecular weight is 387 g/mol. The van der Waals surface area contributed by atoms with Crippen molar-refractivity contribution in [2.75, 3.05) is 13.2 Å². The van der Waals surface area contributed by atoms with Crippen molar-refractivity contribution in [2.45, 2.75) is 18.2 Å². The van der Waals surface area contributed by atoms with Gasteiger partial charge in [0.1, 0.15) is 18.4 Å². The number of nitrogens with zero attached hydrogens (tertiary/aromatic N) is 1. The zero-order chi connectivity index (χ0) is 17.2. The van der Waals surface area contributed by atoms with E-state index >= 15 is 0 Å². The molecule has 0 amide bonds. The number of hydrogen-bond donors (Lipinski definition) is 4. The van der Waals surface area contributed by atoms with E-state index in [1.165, 1.54) is 6.20 Å². The molecule has 1 aliphatic rings. The average Bonchev–Trinajstić information content (AvgIpc) is 2.78. The minimum Gasteiger partial charge on any atom is -0.371 e. The molecule has 2 heterocycles. The standard InChI is InChI=1S/C9H12N2O9P2S/c12-7-1-2-11(9(13)10-7)5-3-18-6(4-19-22(15,16)17)8(5)20-21(14)23/h1-2,5-6,8H,3-4H2,(H3-,10,12,13,14,15,16,17,23)/p+1/t5-,6-,8+/m1/s1. The van der Waals surface area contributed by atoms with Gasteiger partial charge in [-0.05, 0) is 4.57 Å². The Morgan fingerprint density at radius 3 is 2.78 bits per heavy atom. The van der Waals surface area contributed by atoms with Crippen molar-refractivity contribution in [2.24, 2.45) is 0 Å². The van der Waals surface area contributed by atoms with Crippen LogP contribution in [0, 0.1) is 0 Å². The van der Waals surface area contributed by atoms with Crippen LogP contribution in [-0.2, 0) is 22.9 Å². The van der Waals surface area contributed by atoms with Gasteiger partial charge in [-0.3, -0.25) is 18.9 Å². The Balaban J connectivity index is 2.25. The molecule has 0 spiro atoms. The van der Waals surface area contributed by atoms with E-state index in [1.54, 1.807) is 0 Å². The van der Waals surface area contributed by atoms with Crippen LogP contribution in [0.1, 0.15) is 6.04 Å². The van der Waals surface area contributed by atoms with Crippen molar-refractivity contribution < 1.29 is 32.7 Å². The number of phosphoric acid groups is 1. The summed E-state index contributed by atoms with van der Waals surface area (Å²) in [5.74, 6) is 0. The number of hydrogen-bond acceptors (Lipinski definition) is 7. The number of H-pyrrole nitrogens is 1. The van der Waals surface area contributed by atoms with Gasteiger partial charge in [0.25, 0.3) is 5.56 Å². The van der Waals surface area contributed by atoms with Gasteiger partial charge in [-0.2, -0.15) is 0 Å². The second kappa shape index (κ2) is 7.37. The summed E-state index contributed by atoms with van der Waals surface area (Å²) < 4.78 is 37.9. The Kier molecular flexibility index (Phi) is 5.93. The molecule has 1 saturated heterocycles. The predicted molar refractivity (Wildman–Crippen MR) is 79.6 cm³/mol. The van der Waals surface area contributed by atoms with Crippen LogP contribution in [0.25, 0.3) is 0 Å². The van der Waals surface area contributed by atoms with Gasteiger partial charge in [0.15, 0.2) is 6.10 Å². The van der Waals surface area contributed by atoms with E-state index in [9.17, 15) is 18.7 Å². The normalized spacial score (nSPS) is 25.5. The SMILES string of the molecule is O=c1ccn([C@@H]2CO[C@H](COP(=O)(O)O)[C@H]2O[P+](=O)S)c(=O)[nH]1. The molecule has 1 fully saturated rings. The van der Waals surface area contributed by atoms with E-state index in [0.29, 0.717) is 0 Å². The molecule has 4 atom stereocenters. The highest BCUT2D eigenvalue weighted by molar-refractivity contribution is 8.39. The Morgan fingerprint density at radius 2 is 2.22 bits per heavy atom. The van der Waals surface area contributed by atoms with Crippen molar-refractivity contribution >= 4 is 27.3 Å². The van der Waals surface area contributed by atoms with Crippen LogP contribution in [0.5, 0.6) is 0 Å². The smallest absolute Gasteiger partial charge is 0.371 e. The van der Waals surface area contributed by atoms with Gasteiger partial charge in [0, 0.05) is 12.3 Å². The maximum absolute atomic E-state index is 11.8. The summed E-state index contributed by atoms with van der Waals surface area (Å²) in [6, 6.07) is 0.328. The van der Waals surface area contributed by atoms with Gasteiger partial charge in [-0.25, -0.2) is 9.36 Å². The first-order chi connectivity index (χ1) is 10.7. The third kappa shape index (κ3) is 5.07. The maximum atomic E-state index is 11.8. The summed E-state index contributed by atoms with van der Waals surface area (Å²) >= 11 is 3.63. The van der Waals surface area contributed by atoms with Crippen LogP contribution in [0.3, 0.4) is 0 Å². The van der Waals surface area contributed by atoms with E-state index < -0.39 is 51.2 Å². The second-order valence-corrected chi connectivity index (χ2v) is 7.46. The molecule has 0 saturated carbocycles. The Bertz CT molecular complexity index is 743. The molecule has 0 bridgehead atoms. The molecule has 1 aliphatic heterocycles. The Hall–Kier alpha value is -0.840. The fourth-order valence-corrected chi connectivity index (χ4v) is 3.29. The van der Waals surface area contributed by atoms with Gasteiger partial charge in [0.05, 0.1) is 19.3 Å². The van der Waals surface area contributed by atoms with Gasteiger partial charge in [0.2, 0.25) is 0 Å². The summed E-state index contributed by atoms with van der Waals surface area (Å²) in [4.78, 5) is 42.4. The van der Waals surface area contributed by atoms with Gasteiger partial charge < -0.3 is 14.5 Å². The van der Waals surface area contributed by atoms with Gasteiger partial charge in [-0.15, -0.1) is 4.52 Å². The molecular formula is C9H13N2O9P2S+. The zero-order valence-electron chi connectivity index (χ0n) is 11.3. The molecule has 1 unspecified atom stereocenters. The van der Waals surface area contributed by atoms with Crippen LogP contribution < -0.4 is 11.2 Å². The first-order valence-electron chi connectivity index (χ1n) is 6.13. The summed E-state index contributed by atoms with van der Waals surface area (Å²) in [5.41, 5.74) is -1.32. The minimum absolute atomic E-state index is 0.0806. The maximum Gasteiger partial charge on any atom is 0.582 e. The van der Waals surface area contributed by atoms with Crippen LogP contribution in [-0.4, -0.2) is 44.8 Å². The second-order valence-electron chi connectivity index (χ2n) is 4.55. The molecule has 0 aromatic carbocycles. The molecule has 0 aliphatic carbocycles. The highest BCUT2D eigenvalue weighted by Crippen LogP contribution is 2.41. The molecule has 1 aromatic heterocycles. The fourth-order valence-electron chi connectivity index (χ4n) is 2.14. The summed E-state index contributed by atoms with van der Waals surface area (Å²) in [6.07, 6.45) is -0.799. The number of phosphoric ester groups is 1. The zero-order valence-corrected chi connectivity index (χ0v) is 14.0. The molecule has 128 valence electrons. The first-order valence-corrected chi connectivity index (χ1v) is 9.99. The quantitative estimate of drug-likeness (QED) is 0.375. The molecular weight excluding hydrogens is 374 g/mol. The van der Waals surface area contributed by atoms with Crippen LogP contribution in [0.4, 0.5) is 0 Å². The molecule has 11 nitrogen and oxygen atoms in total. The summed E-state index contributed by atoms with van der Waals surface area (Å²) in [5, 5.41) is 0. The molecule has 23 heavy (non-hydrogen) atoms. The third-order valence-corrected chi connectivity index (χ3v) is 4.25. The van der Waals surface area contributed by atoms with Crippen molar-refractivity contribution in [3.8, 4) is 0 Å². The third-order valence-electron chi connectivity index (χ3n) is 3.05. The summed E-state index contributed by atoms with van der Waals surface area (Å²) in [6.45, 7) is -0.622. The fraction of sp³-hybridized carbons (Fsp3) is 0.556. The highest BCUT2D eigenvalue weighted by Gasteiger charge is 2.45. The minimum atomic E-state index is -4.73. The van der Waals surface area contributed by atoms with E-state index in [1.807, 2.05) is 0 Å². The van der Waals surface area contributed by atoms with Crippen molar-refractivity contribution in [1.29, 1.82) is 0 Å². The van der Waals surface area contributed by atoms with Crippen LogP contribution in [0.2, 0.25) is 0 Å². The lowest BCUT2D eigenvalue weighted by Crippen LogP contribution is -2.39. The lowest BCUT2D eigenvalue weighted by Gasteiger charge is -2.19. The van der Waals surface area contributed by atoms with Gasteiger partial charge >= 0.3 is 20.7 Å². The Morgan fingerprint density at radius 1 is 1.52 bits per heavy atom. The lowest BCUT2D eigenvalue weighted by molar-refractivity contribution is 0.0142. The van der Waals surface area contributed by atoms with Crippen LogP contribution in [0.15, 0.2) is 21.9 Å². The summed E-state index contributed by atoms with van der Waals surface area (Å²) in [7, 11) is -7.11. The van der Waals surface area contributed by atoms with Crippen molar-refractivity contribution in [1.82, 2.24) is 9.55 Å². The molecule has 3 N–H and O–H groups in total. The monoisotopic (exact) mass is 387 g/mol. The number of rotatable bonds is 6. The number of aromatic nitrogens is 2.